The minimum atomic E-state index is -4.82. The first-order chi connectivity index (χ1) is 15.4. The zero-order chi connectivity index (χ0) is 24.2. The van der Waals surface area contributed by atoms with E-state index in [4.69, 9.17) is 4.74 Å². The molecule has 1 aromatic rings. The Balaban J connectivity index is 1.77. The molecule has 1 aromatic carbocycles. The number of hydrogen-bond donors (Lipinski definition) is 1. The molecule has 1 N–H and O–H groups in total. The molecule has 5 unspecified atom stereocenters. The molecule has 2 aliphatic carbocycles. The highest BCUT2D eigenvalue weighted by atomic mass is 19.4. The van der Waals surface area contributed by atoms with Crippen LogP contribution in [0.4, 0.5) is 26.3 Å². The first kappa shape index (κ1) is 25.6. The Kier molecular flexibility index (Phi) is 8.16. The van der Waals surface area contributed by atoms with E-state index < -0.39 is 42.9 Å². The number of aliphatic hydroxyl groups excluding tert-OH is 1. The average Bonchev–Trinajstić information content (AvgIpc) is 2.74. The Morgan fingerprint density at radius 2 is 1.79 bits per heavy atom. The summed E-state index contributed by atoms with van der Waals surface area (Å²) in [5.41, 5.74) is 0. The van der Waals surface area contributed by atoms with Crippen LogP contribution in [0, 0.1) is 17.8 Å². The fourth-order valence-corrected chi connectivity index (χ4v) is 4.67. The van der Waals surface area contributed by atoms with Gasteiger partial charge in [0.05, 0.1) is 5.92 Å². The third-order valence-corrected chi connectivity index (χ3v) is 6.45. The number of halogens is 6. The van der Waals surface area contributed by atoms with Crippen LogP contribution in [-0.4, -0.2) is 47.6 Å². The molecule has 184 valence electrons. The lowest BCUT2D eigenvalue weighted by molar-refractivity contribution is -0.210. The lowest BCUT2D eigenvalue weighted by Gasteiger charge is -2.40. The normalized spacial score (nSPS) is 27.4. The number of hydrogen-bond acceptors (Lipinski definition) is 3. The van der Waals surface area contributed by atoms with Crippen molar-refractivity contribution in [3.8, 4) is 5.75 Å². The first-order valence-corrected chi connectivity index (χ1v) is 11.1. The quantitative estimate of drug-likeness (QED) is 0.481. The van der Waals surface area contributed by atoms with Crippen LogP contribution in [0.2, 0.25) is 0 Å². The third-order valence-electron chi connectivity index (χ3n) is 6.45. The maximum absolute atomic E-state index is 13.3. The Morgan fingerprint density at radius 3 is 2.42 bits per heavy atom. The van der Waals surface area contributed by atoms with Gasteiger partial charge in [0.15, 0.2) is 6.10 Å². The van der Waals surface area contributed by atoms with E-state index in [1.807, 2.05) is 6.07 Å². The molecule has 0 spiro atoms. The molecular formula is C24H29F6NO2. The number of benzene rings is 1. The fourth-order valence-electron chi connectivity index (χ4n) is 4.67. The summed E-state index contributed by atoms with van der Waals surface area (Å²) in [6.45, 7) is 1.13. The van der Waals surface area contributed by atoms with Crippen molar-refractivity contribution in [3.63, 3.8) is 0 Å². The van der Waals surface area contributed by atoms with Gasteiger partial charge in [-0.05, 0) is 43.4 Å². The molecule has 0 radical (unpaired) electrons. The molecule has 0 saturated heterocycles. The highest BCUT2D eigenvalue weighted by Crippen LogP contribution is 2.41. The molecule has 0 aliphatic heterocycles. The lowest BCUT2D eigenvalue weighted by atomic mass is 9.80. The van der Waals surface area contributed by atoms with Crippen molar-refractivity contribution in [1.82, 2.24) is 4.90 Å². The fraction of sp³-hybridized carbons (Fsp3) is 0.583. The van der Waals surface area contributed by atoms with E-state index in [0.29, 0.717) is 24.4 Å². The molecule has 0 amide bonds. The minimum Gasteiger partial charge on any atom is -0.461 e. The summed E-state index contributed by atoms with van der Waals surface area (Å²) in [7, 11) is 0. The smallest absolute Gasteiger partial charge is 0.415 e. The van der Waals surface area contributed by atoms with Gasteiger partial charge in [-0.3, -0.25) is 4.90 Å². The molecule has 3 rings (SSSR count). The third kappa shape index (κ3) is 6.99. The summed E-state index contributed by atoms with van der Waals surface area (Å²) in [6.07, 6.45) is -5.78. The van der Waals surface area contributed by atoms with Crippen LogP contribution in [0.15, 0.2) is 54.3 Å². The van der Waals surface area contributed by atoms with Gasteiger partial charge in [-0.15, -0.1) is 0 Å². The number of ether oxygens (including phenoxy) is 1. The number of rotatable bonds is 7. The van der Waals surface area contributed by atoms with Crippen LogP contribution >= 0.6 is 0 Å². The highest BCUT2D eigenvalue weighted by Gasteiger charge is 2.44. The van der Waals surface area contributed by atoms with E-state index >= 15 is 0 Å². The first-order valence-electron chi connectivity index (χ1n) is 11.1. The Labute approximate surface area is 189 Å². The van der Waals surface area contributed by atoms with Crippen LogP contribution in [0.3, 0.4) is 0 Å². The second-order valence-corrected chi connectivity index (χ2v) is 8.93. The van der Waals surface area contributed by atoms with Crippen LogP contribution in [0.5, 0.6) is 5.75 Å². The molecule has 9 heteroatoms. The molecular weight excluding hydrogens is 448 g/mol. The van der Waals surface area contributed by atoms with Gasteiger partial charge < -0.3 is 9.84 Å². The minimum absolute atomic E-state index is 0.0394. The van der Waals surface area contributed by atoms with Crippen molar-refractivity contribution in [3.05, 3.63) is 54.3 Å². The number of allylic oxidation sites excluding steroid dienone is 2. The van der Waals surface area contributed by atoms with E-state index in [9.17, 15) is 31.4 Å². The second-order valence-electron chi connectivity index (χ2n) is 8.93. The maximum atomic E-state index is 13.3. The Hall–Kier alpha value is -2.00. The van der Waals surface area contributed by atoms with E-state index in [0.717, 1.165) is 0 Å². The monoisotopic (exact) mass is 477 g/mol. The summed E-state index contributed by atoms with van der Waals surface area (Å²) in [5, 5.41) is 9.77. The largest absolute Gasteiger partial charge is 0.461 e. The molecule has 0 heterocycles. The molecule has 3 nitrogen and oxygen atoms in total. The average molecular weight is 477 g/mol. The van der Waals surface area contributed by atoms with Crippen molar-refractivity contribution in [2.75, 3.05) is 13.1 Å². The highest BCUT2D eigenvalue weighted by molar-refractivity contribution is 5.28. The van der Waals surface area contributed by atoms with Crippen molar-refractivity contribution < 1.29 is 36.2 Å². The van der Waals surface area contributed by atoms with Gasteiger partial charge in [-0.1, -0.05) is 43.7 Å². The van der Waals surface area contributed by atoms with E-state index in [2.05, 4.69) is 0 Å². The van der Waals surface area contributed by atoms with Crippen molar-refractivity contribution in [2.24, 2.45) is 17.8 Å². The summed E-state index contributed by atoms with van der Waals surface area (Å²) >= 11 is 0. The number of para-hydroxylation sites is 1. The zero-order valence-corrected chi connectivity index (χ0v) is 18.3. The molecule has 33 heavy (non-hydrogen) atoms. The van der Waals surface area contributed by atoms with Gasteiger partial charge in [0, 0.05) is 25.0 Å². The summed E-state index contributed by atoms with van der Waals surface area (Å²) < 4.78 is 85.2. The van der Waals surface area contributed by atoms with Gasteiger partial charge in [0.25, 0.3) is 0 Å². The molecule has 1 saturated carbocycles. The number of aliphatic hydroxyl groups is 1. The number of nitrogens with zero attached hydrogens (tertiary/aromatic N) is 1. The molecule has 0 aromatic heterocycles. The zero-order valence-electron chi connectivity index (χ0n) is 18.3. The molecule has 0 bridgehead atoms. The van der Waals surface area contributed by atoms with Crippen LogP contribution in [0.1, 0.15) is 32.6 Å². The molecule has 5 atom stereocenters. The van der Waals surface area contributed by atoms with Gasteiger partial charge >= 0.3 is 12.4 Å². The molecule has 2 aliphatic rings. The molecule has 1 fully saturated rings. The van der Waals surface area contributed by atoms with Gasteiger partial charge in [0.1, 0.15) is 11.5 Å². The predicted octanol–water partition coefficient (Wildman–Crippen LogP) is 6.12. The Morgan fingerprint density at radius 1 is 1.09 bits per heavy atom. The second kappa shape index (κ2) is 10.5. The predicted molar refractivity (Wildman–Crippen MR) is 112 cm³/mol. The van der Waals surface area contributed by atoms with E-state index in [-0.39, 0.29) is 25.3 Å². The number of alkyl halides is 6. The van der Waals surface area contributed by atoms with Crippen LogP contribution in [-0.2, 0) is 0 Å². The maximum Gasteiger partial charge on any atom is 0.415 e. The lowest BCUT2D eigenvalue weighted by Crippen LogP contribution is -2.50. The standard InChI is InChI=1S/C24H29F6NO2/c1-16-20(11-6-12-21(16)33-19-9-3-2-4-10-19)31(15-22(32)24(28,29)30)14-17-7-5-8-18(13-17)23(25,26)27/h2-4,6,9-12,16-18,20,22,32H,5,7-8,13-15H2,1H3. The van der Waals surface area contributed by atoms with Crippen LogP contribution < -0.4 is 4.74 Å². The van der Waals surface area contributed by atoms with Crippen molar-refractivity contribution in [1.29, 1.82) is 0 Å². The van der Waals surface area contributed by atoms with Crippen LogP contribution in [0.25, 0.3) is 0 Å². The Bertz CT molecular complexity index is 820. The summed E-state index contributed by atoms with van der Waals surface area (Å²) in [4.78, 5) is 1.46. The van der Waals surface area contributed by atoms with Gasteiger partial charge in [0.2, 0.25) is 0 Å². The van der Waals surface area contributed by atoms with Gasteiger partial charge in [-0.25, -0.2) is 0 Å². The summed E-state index contributed by atoms with van der Waals surface area (Å²) in [5.74, 6) is -1.10. The SMILES string of the molecule is CC1C(Oc2ccccc2)=CC=CC1N(CC1CCCC(C(F)(F)F)C1)CC(O)C(F)(F)F. The summed E-state index contributed by atoms with van der Waals surface area (Å²) in [6, 6.07) is 8.37. The van der Waals surface area contributed by atoms with Gasteiger partial charge in [-0.2, -0.15) is 26.3 Å². The van der Waals surface area contributed by atoms with E-state index in [1.165, 1.54) is 4.90 Å². The van der Waals surface area contributed by atoms with Crippen molar-refractivity contribution >= 4 is 0 Å². The topological polar surface area (TPSA) is 32.7 Å². The van der Waals surface area contributed by atoms with E-state index in [1.54, 1.807) is 49.4 Å². The van der Waals surface area contributed by atoms with Crippen molar-refractivity contribution in [2.45, 2.75) is 57.1 Å².